The Morgan fingerprint density at radius 3 is 2.68 bits per heavy atom. The number of hydrogen-bond acceptors (Lipinski definition) is 1. The van der Waals surface area contributed by atoms with Crippen molar-refractivity contribution in [3.05, 3.63) is 29.6 Å². The van der Waals surface area contributed by atoms with Crippen LogP contribution in [0.15, 0.2) is 18.2 Å². The number of hydrogen-bond donors (Lipinski definition) is 0. The molecule has 0 radical (unpaired) electrons. The van der Waals surface area contributed by atoms with E-state index in [1.54, 1.807) is 12.1 Å². The lowest BCUT2D eigenvalue weighted by molar-refractivity contribution is 0.136. The zero-order valence-electron chi connectivity index (χ0n) is 11.9. The third-order valence-electron chi connectivity index (χ3n) is 4.44. The molecule has 1 nitrogen and oxygen atoms in total. The summed E-state index contributed by atoms with van der Waals surface area (Å²) in [5.74, 6) is 0.582. The summed E-state index contributed by atoms with van der Waals surface area (Å²) in [5.41, 5.74) is 1.32. The largest absolute Gasteiger partial charge is 0.494 e. The molecule has 0 heterocycles. The molecule has 0 aromatic heterocycles. The highest BCUT2D eigenvalue weighted by atomic mass is 79.9. The fraction of sp³-hybridized carbons (Fsp3) is 0.625. The average Bonchev–Trinajstić information content (AvgIpc) is 2.37. The van der Waals surface area contributed by atoms with E-state index in [4.69, 9.17) is 4.74 Å². The maximum atomic E-state index is 13.8. The predicted octanol–water partition coefficient (Wildman–Crippen LogP) is 5.49. The predicted molar refractivity (Wildman–Crippen MR) is 80.4 cm³/mol. The van der Waals surface area contributed by atoms with Crippen LogP contribution in [0.5, 0.6) is 5.75 Å². The smallest absolute Gasteiger partial charge is 0.165 e. The minimum atomic E-state index is -0.280. The van der Waals surface area contributed by atoms with Crippen molar-refractivity contribution in [3.8, 4) is 5.75 Å². The van der Waals surface area contributed by atoms with Crippen molar-refractivity contribution in [2.45, 2.75) is 44.4 Å². The lowest BCUT2D eigenvalue weighted by Gasteiger charge is -2.41. The summed E-state index contributed by atoms with van der Waals surface area (Å²) < 4.78 is 18.8. The Kier molecular flexibility index (Phi) is 4.54. The van der Waals surface area contributed by atoms with E-state index >= 15 is 0 Å². The summed E-state index contributed by atoms with van der Waals surface area (Å²) >= 11 is 3.80. The van der Waals surface area contributed by atoms with Gasteiger partial charge in [0.05, 0.1) is 7.11 Å². The Balaban J connectivity index is 2.23. The van der Waals surface area contributed by atoms with Crippen LogP contribution >= 0.6 is 15.9 Å². The molecule has 0 saturated heterocycles. The van der Waals surface area contributed by atoms with Crippen LogP contribution in [-0.4, -0.2) is 7.11 Å². The summed E-state index contributed by atoms with van der Waals surface area (Å²) in [6.45, 7) is 4.65. The first-order valence-corrected chi connectivity index (χ1v) is 7.85. The van der Waals surface area contributed by atoms with Crippen molar-refractivity contribution in [2.24, 2.45) is 11.3 Å². The fourth-order valence-electron chi connectivity index (χ4n) is 3.15. The second-order valence-electron chi connectivity index (χ2n) is 6.14. The van der Waals surface area contributed by atoms with E-state index in [1.807, 2.05) is 6.07 Å². The van der Waals surface area contributed by atoms with Crippen LogP contribution in [0.2, 0.25) is 0 Å². The molecular formula is C16H22BrFO. The van der Waals surface area contributed by atoms with Gasteiger partial charge in [-0.25, -0.2) is 4.39 Å². The zero-order valence-corrected chi connectivity index (χ0v) is 13.5. The molecule has 1 saturated carbocycles. The molecule has 2 atom stereocenters. The van der Waals surface area contributed by atoms with Crippen molar-refractivity contribution in [2.75, 3.05) is 7.11 Å². The second kappa shape index (κ2) is 5.82. The van der Waals surface area contributed by atoms with E-state index in [0.717, 1.165) is 5.56 Å². The summed E-state index contributed by atoms with van der Waals surface area (Å²) in [4.78, 5) is 0.211. The van der Waals surface area contributed by atoms with Gasteiger partial charge in [0.1, 0.15) is 0 Å². The van der Waals surface area contributed by atoms with E-state index < -0.39 is 0 Å². The van der Waals surface area contributed by atoms with Gasteiger partial charge in [-0.2, -0.15) is 0 Å². The van der Waals surface area contributed by atoms with Crippen LogP contribution < -0.4 is 4.74 Å². The zero-order chi connectivity index (χ0) is 14.0. The van der Waals surface area contributed by atoms with Crippen molar-refractivity contribution in [1.29, 1.82) is 0 Å². The van der Waals surface area contributed by atoms with Crippen LogP contribution in [0.3, 0.4) is 0 Å². The van der Waals surface area contributed by atoms with E-state index in [9.17, 15) is 4.39 Å². The van der Waals surface area contributed by atoms with Crippen molar-refractivity contribution >= 4 is 15.9 Å². The van der Waals surface area contributed by atoms with Crippen LogP contribution in [0.4, 0.5) is 4.39 Å². The number of methoxy groups -OCH3 is 1. The summed E-state index contributed by atoms with van der Waals surface area (Å²) in [5, 5.41) is 0. The third kappa shape index (κ3) is 3.13. The number of benzene rings is 1. The lowest BCUT2D eigenvalue weighted by Crippen LogP contribution is -2.30. The molecule has 2 unspecified atom stereocenters. The van der Waals surface area contributed by atoms with Gasteiger partial charge in [0.15, 0.2) is 11.6 Å². The van der Waals surface area contributed by atoms with Crippen molar-refractivity contribution < 1.29 is 9.13 Å². The highest BCUT2D eigenvalue weighted by Gasteiger charge is 2.37. The molecular weight excluding hydrogens is 307 g/mol. The Morgan fingerprint density at radius 2 is 2.11 bits per heavy atom. The Morgan fingerprint density at radius 1 is 1.37 bits per heavy atom. The number of rotatable bonds is 3. The Labute approximate surface area is 123 Å². The van der Waals surface area contributed by atoms with E-state index in [1.165, 1.54) is 32.8 Å². The maximum Gasteiger partial charge on any atom is 0.165 e. The first kappa shape index (κ1) is 14.8. The molecule has 3 heteroatoms. The van der Waals surface area contributed by atoms with Crippen molar-refractivity contribution in [3.63, 3.8) is 0 Å². The first-order chi connectivity index (χ1) is 8.95. The molecule has 19 heavy (non-hydrogen) atoms. The van der Waals surface area contributed by atoms with Gasteiger partial charge in [-0.05, 0) is 41.9 Å². The maximum absolute atomic E-state index is 13.8. The molecule has 1 aromatic rings. The number of halogens is 2. The topological polar surface area (TPSA) is 9.23 Å². The van der Waals surface area contributed by atoms with Crippen LogP contribution in [0.25, 0.3) is 0 Å². The van der Waals surface area contributed by atoms with Crippen LogP contribution in [-0.2, 0) is 0 Å². The normalized spacial score (nSPS) is 23.9. The van der Waals surface area contributed by atoms with Crippen LogP contribution in [0, 0.1) is 17.2 Å². The van der Waals surface area contributed by atoms with Gasteiger partial charge in [0, 0.05) is 4.83 Å². The molecule has 1 fully saturated rings. The highest BCUT2D eigenvalue weighted by molar-refractivity contribution is 9.09. The quantitative estimate of drug-likeness (QED) is 0.667. The molecule has 0 amide bonds. The van der Waals surface area contributed by atoms with Gasteiger partial charge in [-0.15, -0.1) is 0 Å². The standard InChI is InChI=1S/C16H22BrFO/c1-16(2)9-5-4-6-12(16)15(17)11-7-8-14(19-3)13(18)10-11/h7-8,10,12,15H,4-6,9H2,1-3H3. The Hall–Kier alpha value is -0.570. The first-order valence-electron chi connectivity index (χ1n) is 6.93. The van der Waals surface area contributed by atoms with Gasteiger partial charge < -0.3 is 4.74 Å². The van der Waals surface area contributed by atoms with Crippen LogP contribution in [0.1, 0.15) is 49.9 Å². The summed E-state index contributed by atoms with van der Waals surface area (Å²) in [7, 11) is 1.49. The second-order valence-corrected chi connectivity index (χ2v) is 7.12. The molecule has 0 aliphatic heterocycles. The number of ether oxygens (including phenoxy) is 1. The highest BCUT2D eigenvalue weighted by Crippen LogP contribution is 2.50. The molecule has 106 valence electrons. The minimum Gasteiger partial charge on any atom is -0.494 e. The molecule has 1 aliphatic carbocycles. The summed E-state index contributed by atoms with van der Waals surface area (Å²) in [6.07, 6.45) is 5.03. The average molecular weight is 329 g/mol. The summed E-state index contributed by atoms with van der Waals surface area (Å²) in [6, 6.07) is 5.28. The van der Waals surface area contributed by atoms with E-state index in [0.29, 0.717) is 17.1 Å². The molecule has 0 bridgehead atoms. The van der Waals surface area contributed by atoms with Crippen molar-refractivity contribution in [1.82, 2.24) is 0 Å². The third-order valence-corrected chi connectivity index (χ3v) is 5.60. The van der Waals surface area contributed by atoms with Gasteiger partial charge in [0.25, 0.3) is 0 Å². The SMILES string of the molecule is COc1ccc(C(Br)C2CCCCC2(C)C)cc1F. The van der Waals surface area contributed by atoms with Gasteiger partial charge in [0.2, 0.25) is 0 Å². The van der Waals surface area contributed by atoms with Gasteiger partial charge in [-0.1, -0.05) is 48.7 Å². The molecule has 1 aliphatic rings. The van der Waals surface area contributed by atoms with E-state index in [-0.39, 0.29) is 10.6 Å². The monoisotopic (exact) mass is 328 g/mol. The van der Waals surface area contributed by atoms with Gasteiger partial charge >= 0.3 is 0 Å². The lowest BCUT2D eigenvalue weighted by atomic mass is 9.67. The van der Waals surface area contributed by atoms with E-state index in [2.05, 4.69) is 29.8 Å². The molecule has 2 rings (SSSR count). The number of alkyl halides is 1. The molecule has 0 spiro atoms. The molecule has 1 aromatic carbocycles. The molecule has 0 N–H and O–H groups in total. The Bertz CT molecular complexity index is 444. The fourth-order valence-corrected chi connectivity index (χ4v) is 4.41. The minimum absolute atomic E-state index is 0.211. The van der Waals surface area contributed by atoms with Gasteiger partial charge in [-0.3, -0.25) is 0 Å².